The van der Waals surface area contributed by atoms with Gasteiger partial charge in [-0.05, 0) is 44.5 Å². The van der Waals surface area contributed by atoms with Gasteiger partial charge in [-0.3, -0.25) is 4.79 Å². The summed E-state index contributed by atoms with van der Waals surface area (Å²) in [6.45, 7) is 6.68. The average Bonchev–Trinajstić information content (AvgIpc) is 2.95. The van der Waals surface area contributed by atoms with E-state index in [1.54, 1.807) is 0 Å². The first-order chi connectivity index (χ1) is 8.65. The Bertz CT molecular complexity index is 431. The summed E-state index contributed by atoms with van der Waals surface area (Å²) in [5.74, 6) is 2.02. The molecule has 5 heteroatoms. The highest BCUT2D eigenvalue weighted by molar-refractivity contribution is 5.92. The fraction of sp³-hybridized carbons (Fsp3) is 0.643. The highest BCUT2D eigenvalue weighted by Crippen LogP contribution is 2.21. The third-order valence-corrected chi connectivity index (χ3v) is 3.62. The van der Waals surface area contributed by atoms with Crippen LogP contribution >= 0.6 is 12.4 Å². The van der Waals surface area contributed by atoms with Crippen molar-refractivity contribution in [2.45, 2.75) is 26.7 Å². The van der Waals surface area contributed by atoms with Gasteiger partial charge in [0.05, 0.1) is 0 Å². The Morgan fingerprint density at radius 2 is 2.32 bits per heavy atom. The zero-order valence-corrected chi connectivity index (χ0v) is 12.7. The van der Waals surface area contributed by atoms with Crippen LogP contribution < -0.4 is 5.32 Å². The maximum absolute atomic E-state index is 12.3. The number of hydrogen-bond acceptors (Lipinski definition) is 3. The Morgan fingerprint density at radius 3 is 2.89 bits per heavy atom. The number of carbonyl (C=O) groups excluding carboxylic acids is 1. The summed E-state index contributed by atoms with van der Waals surface area (Å²) in [5.41, 5.74) is 1.08. The first-order valence-corrected chi connectivity index (χ1v) is 6.68. The van der Waals surface area contributed by atoms with E-state index in [0.717, 1.165) is 43.8 Å². The molecule has 1 N–H and O–H groups in total. The molecule has 0 saturated carbocycles. The summed E-state index contributed by atoms with van der Waals surface area (Å²) in [4.78, 5) is 14.2. The Balaban J connectivity index is 0.00000180. The van der Waals surface area contributed by atoms with E-state index in [1.807, 2.05) is 31.9 Å². The van der Waals surface area contributed by atoms with Crippen molar-refractivity contribution in [2.75, 3.05) is 26.7 Å². The molecule has 1 unspecified atom stereocenters. The lowest BCUT2D eigenvalue weighted by atomic mass is 10.1. The quantitative estimate of drug-likeness (QED) is 0.923. The fourth-order valence-corrected chi connectivity index (χ4v) is 2.60. The van der Waals surface area contributed by atoms with Crippen molar-refractivity contribution in [3.05, 3.63) is 23.2 Å². The van der Waals surface area contributed by atoms with Gasteiger partial charge in [-0.1, -0.05) is 6.92 Å². The van der Waals surface area contributed by atoms with Gasteiger partial charge in [-0.15, -0.1) is 12.4 Å². The molecule has 0 bridgehead atoms. The van der Waals surface area contributed by atoms with Gasteiger partial charge >= 0.3 is 0 Å². The predicted octanol–water partition coefficient (Wildman–Crippen LogP) is 2.25. The molecule has 1 aliphatic heterocycles. The number of aryl methyl sites for hydroxylation is 2. The maximum atomic E-state index is 12.3. The van der Waals surface area contributed by atoms with Crippen LogP contribution in [0.1, 0.15) is 35.2 Å². The third-order valence-electron chi connectivity index (χ3n) is 3.62. The first kappa shape index (κ1) is 16.1. The molecule has 1 amide bonds. The maximum Gasteiger partial charge on any atom is 0.289 e. The zero-order chi connectivity index (χ0) is 13.1. The second-order valence-corrected chi connectivity index (χ2v) is 5.03. The van der Waals surface area contributed by atoms with Crippen LogP contribution in [0.25, 0.3) is 0 Å². The molecular weight excluding hydrogens is 264 g/mol. The Kier molecular flexibility index (Phi) is 5.88. The molecule has 108 valence electrons. The second-order valence-electron chi connectivity index (χ2n) is 5.03. The molecule has 1 aromatic rings. The van der Waals surface area contributed by atoms with Crippen LogP contribution in [0, 0.1) is 12.8 Å². The van der Waals surface area contributed by atoms with Gasteiger partial charge in [0.15, 0.2) is 5.76 Å². The normalized spacial score (nSPS) is 18.5. The van der Waals surface area contributed by atoms with Crippen LogP contribution in [0.3, 0.4) is 0 Å². The van der Waals surface area contributed by atoms with E-state index in [9.17, 15) is 4.79 Å². The van der Waals surface area contributed by atoms with Crippen LogP contribution in [0.2, 0.25) is 0 Å². The topological polar surface area (TPSA) is 45.5 Å². The lowest BCUT2D eigenvalue weighted by Gasteiger charge is -2.14. The number of hydrogen-bond donors (Lipinski definition) is 1. The van der Waals surface area contributed by atoms with E-state index in [4.69, 9.17) is 4.42 Å². The molecule has 1 atom stereocenters. The lowest BCUT2D eigenvalue weighted by molar-refractivity contribution is 0.0754. The molecular formula is C14H23ClN2O2. The van der Waals surface area contributed by atoms with E-state index in [-0.39, 0.29) is 18.3 Å². The van der Waals surface area contributed by atoms with Gasteiger partial charge in [0.25, 0.3) is 5.91 Å². The van der Waals surface area contributed by atoms with Gasteiger partial charge in [0.2, 0.25) is 0 Å². The summed E-state index contributed by atoms with van der Waals surface area (Å²) in [5, 5.41) is 3.17. The first-order valence-electron chi connectivity index (χ1n) is 6.68. The molecule has 0 radical (unpaired) electrons. The van der Waals surface area contributed by atoms with E-state index in [2.05, 4.69) is 5.32 Å². The highest BCUT2D eigenvalue weighted by Gasteiger charge is 2.28. The van der Waals surface area contributed by atoms with Crippen LogP contribution in [-0.4, -0.2) is 37.5 Å². The SMILES string of the molecule is CCc1oc(C(=O)N2CCC(CNC)C2)cc1C.Cl. The van der Waals surface area contributed by atoms with Crippen molar-refractivity contribution in [2.24, 2.45) is 5.92 Å². The van der Waals surface area contributed by atoms with Crippen molar-refractivity contribution in [1.82, 2.24) is 10.2 Å². The number of furan rings is 1. The highest BCUT2D eigenvalue weighted by atomic mass is 35.5. The molecule has 4 nitrogen and oxygen atoms in total. The minimum absolute atomic E-state index is 0. The number of halogens is 1. The summed E-state index contributed by atoms with van der Waals surface area (Å²) in [6, 6.07) is 1.87. The molecule has 0 aromatic carbocycles. The summed E-state index contributed by atoms with van der Waals surface area (Å²) in [6.07, 6.45) is 1.91. The van der Waals surface area contributed by atoms with E-state index < -0.39 is 0 Å². The van der Waals surface area contributed by atoms with E-state index >= 15 is 0 Å². The lowest BCUT2D eigenvalue weighted by Crippen LogP contribution is -2.30. The Hall–Kier alpha value is -1.00. The largest absolute Gasteiger partial charge is 0.456 e. The summed E-state index contributed by atoms with van der Waals surface area (Å²) >= 11 is 0. The van der Waals surface area contributed by atoms with Crippen LogP contribution in [0.15, 0.2) is 10.5 Å². The van der Waals surface area contributed by atoms with Crippen LogP contribution in [0.4, 0.5) is 0 Å². The molecule has 1 fully saturated rings. The second kappa shape index (κ2) is 6.96. The van der Waals surface area contributed by atoms with Crippen molar-refractivity contribution in [3.8, 4) is 0 Å². The molecule has 2 heterocycles. The van der Waals surface area contributed by atoms with Crippen molar-refractivity contribution < 1.29 is 9.21 Å². The average molecular weight is 287 g/mol. The zero-order valence-electron chi connectivity index (χ0n) is 11.9. The molecule has 1 aromatic heterocycles. The van der Waals surface area contributed by atoms with Gasteiger partial charge in [-0.25, -0.2) is 0 Å². The number of likely N-dealkylation sites (tertiary alicyclic amines) is 1. The Labute approximate surface area is 120 Å². The number of carbonyl (C=O) groups is 1. The van der Waals surface area contributed by atoms with Crippen LogP contribution in [-0.2, 0) is 6.42 Å². The smallest absolute Gasteiger partial charge is 0.289 e. The van der Waals surface area contributed by atoms with E-state index in [0.29, 0.717) is 11.7 Å². The number of amides is 1. The van der Waals surface area contributed by atoms with Crippen molar-refractivity contribution >= 4 is 18.3 Å². The third kappa shape index (κ3) is 3.51. The summed E-state index contributed by atoms with van der Waals surface area (Å²) < 4.78 is 5.63. The molecule has 0 aliphatic carbocycles. The molecule has 1 aliphatic rings. The minimum Gasteiger partial charge on any atom is -0.456 e. The van der Waals surface area contributed by atoms with Crippen LogP contribution in [0.5, 0.6) is 0 Å². The number of nitrogens with zero attached hydrogens (tertiary/aromatic N) is 1. The van der Waals surface area contributed by atoms with Crippen molar-refractivity contribution in [3.63, 3.8) is 0 Å². The Morgan fingerprint density at radius 1 is 1.58 bits per heavy atom. The standard InChI is InChI=1S/C14H22N2O2.ClH/c1-4-12-10(2)7-13(18-12)14(17)16-6-5-11(9-16)8-15-3;/h7,11,15H,4-6,8-9H2,1-3H3;1H. The molecule has 19 heavy (non-hydrogen) atoms. The predicted molar refractivity (Wildman–Crippen MR) is 78.0 cm³/mol. The number of rotatable bonds is 4. The van der Waals surface area contributed by atoms with E-state index in [1.165, 1.54) is 0 Å². The van der Waals surface area contributed by atoms with Gasteiger partial charge in [-0.2, -0.15) is 0 Å². The van der Waals surface area contributed by atoms with Crippen molar-refractivity contribution in [1.29, 1.82) is 0 Å². The monoisotopic (exact) mass is 286 g/mol. The molecule has 0 spiro atoms. The minimum atomic E-state index is 0. The van der Waals surface area contributed by atoms with Gasteiger partial charge in [0.1, 0.15) is 5.76 Å². The van der Waals surface area contributed by atoms with Gasteiger partial charge < -0.3 is 14.6 Å². The molecule has 1 saturated heterocycles. The molecule has 2 rings (SSSR count). The number of nitrogens with one attached hydrogen (secondary N) is 1. The fourth-order valence-electron chi connectivity index (χ4n) is 2.60. The van der Waals surface area contributed by atoms with Gasteiger partial charge in [0, 0.05) is 19.5 Å². The summed E-state index contributed by atoms with van der Waals surface area (Å²) in [7, 11) is 1.95.